The van der Waals surface area contributed by atoms with Crippen molar-refractivity contribution in [3.05, 3.63) is 73.8 Å². The predicted octanol–water partition coefficient (Wildman–Crippen LogP) is 9.87. The summed E-state index contributed by atoms with van der Waals surface area (Å²) in [5.74, 6) is 0. The Morgan fingerprint density at radius 1 is 0.674 bits per heavy atom. The molecule has 0 fully saturated rings. The van der Waals surface area contributed by atoms with E-state index in [1.165, 1.54) is 11.1 Å². The van der Waals surface area contributed by atoms with Gasteiger partial charge in [-0.05, 0) is 110 Å². The van der Waals surface area contributed by atoms with Gasteiger partial charge in [0.05, 0.1) is 22.0 Å². The van der Waals surface area contributed by atoms with E-state index in [4.69, 9.17) is 9.97 Å². The molecule has 226 valence electrons. The maximum atomic E-state index is 13.2. The van der Waals surface area contributed by atoms with Crippen molar-refractivity contribution in [2.45, 2.75) is 107 Å². The maximum absolute atomic E-state index is 13.2. The molecule has 8 bridgehead atoms. The van der Waals surface area contributed by atoms with Crippen LogP contribution in [0.5, 0.6) is 0 Å². The van der Waals surface area contributed by atoms with Crippen LogP contribution in [0.25, 0.3) is 44.4 Å². The number of hydrogen-bond acceptors (Lipinski definition) is 4. The molecule has 3 aromatic rings. The molecule has 5 heterocycles. The lowest BCUT2D eigenvalue weighted by Crippen LogP contribution is -2.01. The second-order valence-electron chi connectivity index (χ2n) is 11.2. The summed E-state index contributed by atoms with van der Waals surface area (Å²) in [5, 5.41) is 13.2. The highest BCUT2D eigenvalue weighted by Gasteiger charge is 2.33. The predicted molar refractivity (Wildman–Crippen MR) is 180 cm³/mol. The summed E-state index contributed by atoms with van der Waals surface area (Å²) in [4.78, 5) is 27.2. The third-order valence-electron chi connectivity index (χ3n) is 9.18. The van der Waals surface area contributed by atoms with Gasteiger partial charge < -0.3 is 9.55 Å². The molecule has 0 atom stereocenters. The minimum absolute atomic E-state index is 0.120. The lowest BCUT2D eigenvalue weighted by Gasteiger charge is -2.10. The molecule has 5 rings (SSSR count). The first kappa shape index (κ1) is 30.5. The zero-order valence-corrected chi connectivity index (χ0v) is 27.1. The Hall–Kier alpha value is -4.00. The zero-order chi connectivity index (χ0) is 31.0. The molecular weight excluding hydrogens is 534 g/mol. The first-order valence-corrected chi connectivity index (χ1v) is 16.2. The van der Waals surface area contributed by atoms with Gasteiger partial charge in [0.15, 0.2) is 0 Å². The highest BCUT2D eigenvalue weighted by atomic mass is 16.6. The van der Waals surface area contributed by atoms with E-state index in [9.17, 15) is 10.1 Å². The van der Waals surface area contributed by atoms with Gasteiger partial charge in [0.25, 0.3) is 0 Å². The standard InChI is InChI=1S/C36H45N5O2/c1-9-23-25(11-3)32-29(15-7)33-26(12-4)27(13-5)34(39-33)36(41(42)43)35-28(14-6)24(10-2)31(40(35)16-8)20-22-18-17-21(37-22)19-30(23)38-32/h17-20,37H,9-16H2,1-8H3. The van der Waals surface area contributed by atoms with Crippen LogP contribution in [-0.4, -0.2) is 24.4 Å². The summed E-state index contributed by atoms with van der Waals surface area (Å²) in [5.41, 5.74) is 15.0. The summed E-state index contributed by atoms with van der Waals surface area (Å²) in [6.07, 6.45) is 5.40. The Kier molecular flexibility index (Phi) is 8.72. The molecule has 0 amide bonds. The molecule has 2 aliphatic rings. The number of nitro groups is 1. The van der Waals surface area contributed by atoms with Crippen LogP contribution in [0.3, 0.4) is 0 Å². The molecule has 3 aromatic heterocycles. The number of rotatable bonds is 9. The van der Waals surface area contributed by atoms with E-state index >= 15 is 0 Å². The molecule has 7 heteroatoms. The topological polar surface area (TPSA) is 89.6 Å². The van der Waals surface area contributed by atoms with Crippen molar-refractivity contribution in [3.8, 4) is 0 Å². The number of aromatic nitrogens is 4. The van der Waals surface area contributed by atoms with Crippen LogP contribution >= 0.6 is 0 Å². The monoisotopic (exact) mass is 579 g/mol. The Bertz CT molecular complexity index is 1830. The van der Waals surface area contributed by atoms with Gasteiger partial charge in [-0.15, -0.1) is 0 Å². The Morgan fingerprint density at radius 2 is 1.21 bits per heavy atom. The fraction of sp³-hybridized carbons (Fsp3) is 0.444. The van der Waals surface area contributed by atoms with Crippen LogP contribution in [0.2, 0.25) is 0 Å². The number of fused-ring (bicyclic) bond motifs is 8. The number of hydrogen-bond donors (Lipinski definition) is 1. The van der Waals surface area contributed by atoms with Crippen molar-refractivity contribution < 1.29 is 4.92 Å². The maximum Gasteiger partial charge on any atom is 0.318 e. The first-order valence-electron chi connectivity index (χ1n) is 16.2. The molecule has 0 radical (unpaired) electrons. The van der Waals surface area contributed by atoms with Crippen LogP contribution in [0, 0.1) is 10.1 Å². The number of nitrogens with zero attached hydrogens (tertiary/aromatic N) is 4. The number of H-pyrrole nitrogens is 1. The van der Waals surface area contributed by atoms with Crippen LogP contribution in [-0.2, 0) is 25.8 Å². The van der Waals surface area contributed by atoms with Crippen LogP contribution in [0.15, 0.2) is 24.3 Å². The summed E-state index contributed by atoms with van der Waals surface area (Å²) >= 11 is 0. The fourth-order valence-electron chi connectivity index (χ4n) is 7.35. The van der Waals surface area contributed by atoms with Gasteiger partial charge >= 0.3 is 5.69 Å². The van der Waals surface area contributed by atoms with Crippen molar-refractivity contribution >= 4 is 50.0 Å². The third-order valence-corrected chi connectivity index (χ3v) is 9.18. The largest absolute Gasteiger partial charge is 0.355 e. The van der Waals surface area contributed by atoms with E-state index in [0.717, 1.165) is 93.6 Å². The third kappa shape index (κ3) is 4.83. The smallest absolute Gasteiger partial charge is 0.318 e. The van der Waals surface area contributed by atoms with Gasteiger partial charge in [-0.25, -0.2) is 9.97 Å². The molecule has 7 nitrogen and oxygen atoms in total. The molecule has 0 saturated heterocycles. The highest BCUT2D eigenvalue weighted by molar-refractivity contribution is 6.00. The molecule has 0 aromatic carbocycles. The molecule has 2 aliphatic heterocycles. The van der Waals surface area contributed by atoms with Crippen molar-refractivity contribution in [3.63, 3.8) is 0 Å². The Labute approximate surface area is 255 Å². The molecule has 1 N–H and O–H groups in total. The fourth-order valence-corrected chi connectivity index (χ4v) is 7.35. The summed E-state index contributed by atoms with van der Waals surface area (Å²) < 4.78 is 2.14. The lowest BCUT2D eigenvalue weighted by atomic mass is 9.92. The number of aromatic amines is 1. The molecule has 0 saturated carbocycles. The minimum atomic E-state index is -0.184. The van der Waals surface area contributed by atoms with E-state index in [0.29, 0.717) is 30.6 Å². The normalized spacial score (nSPS) is 13.4. The summed E-state index contributed by atoms with van der Waals surface area (Å²) in [7, 11) is 0. The molecule has 0 unspecified atom stereocenters. The van der Waals surface area contributed by atoms with E-state index in [1.54, 1.807) is 0 Å². The average Bonchev–Trinajstić information content (AvgIpc) is 3.75. The summed E-state index contributed by atoms with van der Waals surface area (Å²) in [6, 6.07) is 8.51. The lowest BCUT2D eigenvalue weighted by molar-refractivity contribution is -0.383. The van der Waals surface area contributed by atoms with Gasteiger partial charge in [0.1, 0.15) is 11.2 Å². The van der Waals surface area contributed by atoms with Gasteiger partial charge in [-0.1, -0.05) is 48.5 Å². The number of nitrogens with one attached hydrogen (secondary N) is 1. The van der Waals surface area contributed by atoms with E-state index < -0.39 is 0 Å². The highest BCUT2D eigenvalue weighted by Crippen LogP contribution is 2.45. The van der Waals surface area contributed by atoms with Crippen LogP contribution in [0.1, 0.15) is 121 Å². The van der Waals surface area contributed by atoms with Crippen molar-refractivity contribution in [2.24, 2.45) is 0 Å². The van der Waals surface area contributed by atoms with E-state index in [-0.39, 0.29) is 10.6 Å². The number of aryl methyl sites for hydroxylation is 3. The van der Waals surface area contributed by atoms with Crippen molar-refractivity contribution in [1.29, 1.82) is 0 Å². The quantitative estimate of drug-likeness (QED) is 0.202. The zero-order valence-electron chi connectivity index (χ0n) is 27.1. The van der Waals surface area contributed by atoms with Crippen LogP contribution in [0.4, 0.5) is 5.69 Å². The van der Waals surface area contributed by atoms with E-state index in [2.05, 4.69) is 89.2 Å². The van der Waals surface area contributed by atoms with Crippen LogP contribution < -0.4 is 0 Å². The molecule has 43 heavy (non-hydrogen) atoms. The van der Waals surface area contributed by atoms with Crippen molar-refractivity contribution in [1.82, 2.24) is 19.5 Å². The molecular formula is C36H45N5O2. The Morgan fingerprint density at radius 3 is 1.74 bits per heavy atom. The first-order chi connectivity index (χ1) is 20.8. The SMILES string of the molecule is CCC1=C(CC)c2nc1cc1ccc(cc3c(CC)c(CC)c(c([N+](=O)[O-])c4nc(c2CC)C(CC)=C4CC)n3CC)[nH]1. The second-order valence-corrected chi connectivity index (χ2v) is 11.2. The summed E-state index contributed by atoms with van der Waals surface area (Å²) in [6.45, 7) is 17.7. The van der Waals surface area contributed by atoms with Gasteiger partial charge in [-0.3, -0.25) is 10.1 Å². The number of allylic oxidation sites excluding steroid dienone is 4. The Balaban J connectivity index is 2.17. The van der Waals surface area contributed by atoms with Gasteiger partial charge in [0, 0.05) is 28.7 Å². The van der Waals surface area contributed by atoms with Gasteiger partial charge in [-0.2, -0.15) is 0 Å². The van der Waals surface area contributed by atoms with Crippen molar-refractivity contribution in [2.75, 3.05) is 0 Å². The van der Waals surface area contributed by atoms with E-state index in [1.807, 2.05) is 0 Å². The molecule has 0 aliphatic carbocycles. The second kappa shape index (κ2) is 12.3. The molecule has 0 spiro atoms. The average molecular weight is 580 g/mol. The van der Waals surface area contributed by atoms with Gasteiger partial charge in [0.2, 0.25) is 0 Å². The minimum Gasteiger partial charge on any atom is -0.355 e.